The van der Waals surface area contributed by atoms with E-state index in [1.54, 1.807) is 11.3 Å². The number of aryl methyl sites for hydroxylation is 1. The molecule has 1 saturated heterocycles. The molecule has 3 aromatic rings. The summed E-state index contributed by atoms with van der Waals surface area (Å²) in [6.45, 7) is 4.64. The molecule has 0 aliphatic carbocycles. The van der Waals surface area contributed by atoms with E-state index in [1.807, 2.05) is 48.5 Å². The van der Waals surface area contributed by atoms with Crippen molar-refractivity contribution in [2.45, 2.75) is 32.4 Å². The number of carbonyl (C=O) groups is 1. The Labute approximate surface area is 192 Å². The van der Waals surface area contributed by atoms with Crippen LogP contribution in [0.25, 0.3) is 10.6 Å². The average Bonchev–Trinajstić information content (AvgIpc) is 3.18. The number of benzene rings is 2. The molecule has 0 spiro atoms. The van der Waals surface area contributed by atoms with Crippen molar-refractivity contribution in [3.8, 4) is 10.6 Å². The molecule has 1 atom stereocenters. The Morgan fingerprint density at radius 2 is 2.03 bits per heavy atom. The molecule has 1 fully saturated rings. The lowest BCUT2D eigenvalue weighted by Crippen LogP contribution is -2.46. The summed E-state index contributed by atoms with van der Waals surface area (Å²) in [6.07, 6.45) is 2.18. The van der Waals surface area contributed by atoms with Crippen LogP contribution in [-0.4, -0.2) is 37.2 Å². The molecule has 1 aliphatic heterocycles. The number of carbonyl (C=O) groups excluding carboxylic acids is 1. The topological polar surface area (TPSA) is 54.5 Å². The molecular weight excluding hydrogens is 430 g/mol. The van der Waals surface area contributed by atoms with E-state index in [2.05, 4.69) is 17.1 Å². The van der Waals surface area contributed by atoms with Gasteiger partial charge in [-0.15, -0.1) is 11.3 Å². The number of aromatic nitrogens is 1. The number of halogens is 1. The van der Waals surface area contributed by atoms with Crippen molar-refractivity contribution in [3.63, 3.8) is 0 Å². The number of nitrogens with zero attached hydrogens (tertiary/aromatic N) is 2. The number of thiazole rings is 1. The van der Waals surface area contributed by atoms with E-state index in [0.717, 1.165) is 59.5 Å². The molecule has 1 aliphatic rings. The van der Waals surface area contributed by atoms with Crippen molar-refractivity contribution in [1.29, 1.82) is 0 Å². The fraction of sp³-hybridized carbons (Fsp3) is 0.333. The van der Waals surface area contributed by atoms with Gasteiger partial charge < -0.3 is 15.0 Å². The third kappa shape index (κ3) is 5.09. The first-order valence-corrected chi connectivity index (χ1v) is 11.6. The molecule has 1 unspecified atom stereocenters. The number of hydrogen-bond acceptors (Lipinski definition) is 6. The zero-order valence-electron chi connectivity index (χ0n) is 17.7. The van der Waals surface area contributed by atoms with Crippen LogP contribution < -0.4 is 10.2 Å². The summed E-state index contributed by atoms with van der Waals surface area (Å²) >= 11 is 7.73. The summed E-state index contributed by atoms with van der Waals surface area (Å²) in [4.78, 5) is 20.4. The summed E-state index contributed by atoms with van der Waals surface area (Å²) < 4.78 is 4.96. The Balaban J connectivity index is 1.42. The number of ether oxygens (including phenoxy) is 1. The number of methoxy groups -OCH3 is 1. The monoisotopic (exact) mass is 455 g/mol. The molecule has 5 nitrogen and oxygen atoms in total. The molecule has 1 N–H and O–H groups in total. The van der Waals surface area contributed by atoms with Gasteiger partial charge in [0.2, 0.25) is 0 Å². The molecule has 2 heterocycles. The highest BCUT2D eigenvalue weighted by Crippen LogP contribution is 2.29. The van der Waals surface area contributed by atoms with Gasteiger partial charge in [0.1, 0.15) is 5.01 Å². The first-order valence-electron chi connectivity index (χ1n) is 10.4. The second-order valence-corrected chi connectivity index (χ2v) is 9.23. The van der Waals surface area contributed by atoms with Crippen molar-refractivity contribution in [2.75, 3.05) is 25.1 Å². The Morgan fingerprint density at radius 1 is 1.26 bits per heavy atom. The average molecular weight is 456 g/mol. The smallest absolute Gasteiger partial charge is 0.339 e. The van der Waals surface area contributed by atoms with Gasteiger partial charge in [-0.1, -0.05) is 35.9 Å². The van der Waals surface area contributed by atoms with Crippen molar-refractivity contribution in [1.82, 2.24) is 10.3 Å². The molecule has 7 heteroatoms. The highest BCUT2D eigenvalue weighted by atomic mass is 35.5. The summed E-state index contributed by atoms with van der Waals surface area (Å²) in [5, 5.41) is 5.45. The van der Waals surface area contributed by atoms with Crippen molar-refractivity contribution >= 4 is 34.6 Å². The van der Waals surface area contributed by atoms with Crippen LogP contribution in [0.3, 0.4) is 0 Å². The fourth-order valence-electron chi connectivity index (χ4n) is 3.94. The van der Waals surface area contributed by atoms with Crippen LogP contribution in [0.2, 0.25) is 5.02 Å². The molecule has 0 saturated carbocycles. The Kier molecular flexibility index (Phi) is 6.90. The maximum Gasteiger partial charge on any atom is 0.339 e. The zero-order valence-corrected chi connectivity index (χ0v) is 19.3. The van der Waals surface area contributed by atoms with Crippen LogP contribution >= 0.6 is 22.9 Å². The minimum Gasteiger partial charge on any atom is -0.465 e. The normalized spacial score (nSPS) is 16.4. The third-order valence-corrected chi connectivity index (χ3v) is 7.07. The Morgan fingerprint density at radius 3 is 2.81 bits per heavy atom. The van der Waals surface area contributed by atoms with E-state index in [-0.39, 0.29) is 5.97 Å². The van der Waals surface area contributed by atoms with E-state index in [9.17, 15) is 4.79 Å². The second kappa shape index (κ2) is 9.81. The predicted octanol–water partition coefficient (Wildman–Crippen LogP) is 5.32. The maximum absolute atomic E-state index is 12.2. The number of esters is 1. The molecule has 162 valence electrons. The van der Waals surface area contributed by atoms with Crippen LogP contribution in [0.15, 0.2) is 48.5 Å². The maximum atomic E-state index is 12.2. The van der Waals surface area contributed by atoms with Crippen LogP contribution in [-0.2, 0) is 11.3 Å². The molecule has 0 bridgehead atoms. The van der Waals surface area contributed by atoms with Crippen LogP contribution in [0, 0.1) is 6.92 Å². The minimum atomic E-state index is -0.291. The number of rotatable bonds is 6. The highest BCUT2D eigenvalue weighted by molar-refractivity contribution is 7.15. The molecule has 2 aromatic carbocycles. The zero-order chi connectivity index (χ0) is 21.8. The van der Waals surface area contributed by atoms with Gasteiger partial charge in [0.15, 0.2) is 0 Å². The number of para-hydroxylation sites is 1. The van der Waals surface area contributed by atoms with Crippen LogP contribution in [0.4, 0.5) is 5.69 Å². The van der Waals surface area contributed by atoms with Crippen LogP contribution in [0.1, 0.15) is 33.8 Å². The first-order chi connectivity index (χ1) is 15.0. The van der Waals surface area contributed by atoms with Gasteiger partial charge in [-0.3, -0.25) is 0 Å². The van der Waals surface area contributed by atoms with E-state index in [4.69, 9.17) is 21.3 Å². The fourth-order valence-corrected chi connectivity index (χ4v) is 5.08. The lowest BCUT2D eigenvalue weighted by Gasteiger charge is -2.35. The lowest BCUT2D eigenvalue weighted by molar-refractivity contribution is 0.0601. The quantitative estimate of drug-likeness (QED) is 0.510. The van der Waals surface area contributed by atoms with Gasteiger partial charge in [-0.2, -0.15) is 0 Å². The van der Waals surface area contributed by atoms with E-state index in [0.29, 0.717) is 11.6 Å². The van der Waals surface area contributed by atoms with Gasteiger partial charge in [0.25, 0.3) is 0 Å². The summed E-state index contributed by atoms with van der Waals surface area (Å²) in [5.74, 6) is -0.291. The summed E-state index contributed by atoms with van der Waals surface area (Å²) in [6, 6.07) is 15.8. The second-order valence-electron chi connectivity index (χ2n) is 7.71. The van der Waals surface area contributed by atoms with E-state index in [1.165, 1.54) is 12.0 Å². The molecule has 0 radical (unpaired) electrons. The number of nitrogens with one attached hydrogen (secondary N) is 1. The van der Waals surface area contributed by atoms with Gasteiger partial charge >= 0.3 is 5.97 Å². The summed E-state index contributed by atoms with van der Waals surface area (Å²) in [5.41, 5.74) is 3.72. The molecule has 4 rings (SSSR count). The molecule has 31 heavy (non-hydrogen) atoms. The SMILES string of the molecule is COC(=O)c1ccccc1N1CCCC(NCc2sc(-c3ccc(Cl)cc3)nc2C)C1. The van der Waals surface area contributed by atoms with E-state index < -0.39 is 0 Å². The molecule has 1 aromatic heterocycles. The molecule has 0 amide bonds. The number of hydrogen-bond donors (Lipinski definition) is 1. The standard InChI is InChI=1S/C24H26ClN3O2S/c1-16-22(31-23(27-16)17-9-11-18(25)12-10-17)14-26-19-6-5-13-28(15-19)21-8-4-3-7-20(21)24(29)30-2/h3-4,7-12,19,26H,5-6,13-15H2,1-2H3. The van der Waals surface area contributed by atoms with Crippen molar-refractivity contribution < 1.29 is 9.53 Å². The third-order valence-electron chi connectivity index (χ3n) is 5.61. The number of piperidine rings is 1. The largest absolute Gasteiger partial charge is 0.465 e. The Hall–Kier alpha value is -2.41. The number of anilines is 1. The van der Waals surface area contributed by atoms with Crippen molar-refractivity contribution in [2.24, 2.45) is 0 Å². The minimum absolute atomic E-state index is 0.291. The molecular formula is C24H26ClN3O2S. The van der Waals surface area contributed by atoms with Gasteiger partial charge in [0, 0.05) is 41.1 Å². The Bertz CT molecular complexity index is 1050. The predicted molar refractivity (Wildman–Crippen MR) is 127 cm³/mol. The van der Waals surface area contributed by atoms with Crippen molar-refractivity contribution in [3.05, 3.63) is 69.7 Å². The lowest BCUT2D eigenvalue weighted by atomic mass is 10.0. The first kappa shape index (κ1) is 21.8. The van der Waals surface area contributed by atoms with Gasteiger partial charge in [-0.25, -0.2) is 9.78 Å². The summed E-state index contributed by atoms with van der Waals surface area (Å²) in [7, 11) is 1.43. The van der Waals surface area contributed by atoms with E-state index >= 15 is 0 Å². The van der Waals surface area contributed by atoms with Crippen LogP contribution in [0.5, 0.6) is 0 Å². The van der Waals surface area contributed by atoms with Gasteiger partial charge in [-0.05, 0) is 44.0 Å². The van der Waals surface area contributed by atoms with Gasteiger partial charge in [0.05, 0.1) is 24.1 Å². The highest BCUT2D eigenvalue weighted by Gasteiger charge is 2.24.